The second-order valence-electron chi connectivity index (χ2n) is 5.92. The van der Waals surface area contributed by atoms with Gasteiger partial charge < -0.3 is 16.2 Å². The molecule has 0 fully saturated rings. The molecule has 0 atom stereocenters. The summed E-state index contributed by atoms with van der Waals surface area (Å²) in [6.07, 6.45) is 0. The van der Waals surface area contributed by atoms with Gasteiger partial charge in [0.1, 0.15) is 23.2 Å². The maximum atomic E-state index is 9.67. The van der Waals surface area contributed by atoms with Crippen molar-refractivity contribution in [3.05, 3.63) is 60.2 Å². The van der Waals surface area contributed by atoms with Crippen LogP contribution in [0.1, 0.15) is 5.56 Å². The zero-order valence-electron chi connectivity index (χ0n) is 14.5. The van der Waals surface area contributed by atoms with E-state index >= 15 is 0 Å². The standard InChI is InChI=1S/C20H16N6O/c1-27-14-9-7-12(8-10-14)16-15(11-21)18(22)24-20-17(16)19(23)25-26(20)13-5-3-2-4-6-13/h2-10H,1H3,(H2,22,24)(H2,23,25). The third-order valence-corrected chi connectivity index (χ3v) is 4.36. The van der Waals surface area contributed by atoms with E-state index in [0.29, 0.717) is 22.3 Å². The molecule has 0 aliphatic rings. The van der Waals surface area contributed by atoms with E-state index in [4.69, 9.17) is 16.2 Å². The molecule has 0 amide bonds. The molecule has 7 nitrogen and oxygen atoms in total. The summed E-state index contributed by atoms with van der Waals surface area (Å²) in [5.41, 5.74) is 15.3. The predicted octanol–water partition coefficient (Wildman–Crippen LogP) is 3.13. The number of hydrogen-bond donors (Lipinski definition) is 2. The third-order valence-electron chi connectivity index (χ3n) is 4.36. The highest BCUT2D eigenvalue weighted by molar-refractivity contribution is 6.04. The Morgan fingerprint density at radius 3 is 2.33 bits per heavy atom. The van der Waals surface area contributed by atoms with Crippen molar-refractivity contribution in [1.29, 1.82) is 5.26 Å². The summed E-state index contributed by atoms with van der Waals surface area (Å²) in [5, 5.41) is 14.7. The number of para-hydroxylation sites is 1. The summed E-state index contributed by atoms with van der Waals surface area (Å²) in [4.78, 5) is 4.41. The molecular formula is C20H16N6O. The van der Waals surface area contributed by atoms with Crippen molar-refractivity contribution >= 4 is 22.7 Å². The molecule has 7 heteroatoms. The minimum Gasteiger partial charge on any atom is -0.497 e. The number of fused-ring (bicyclic) bond motifs is 1. The number of rotatable bonds is 3. The highest BCUT2D eigenvalue weighted by Gasteiger charge is 2.22. The number of nitrogens with zero attached hydrogens (tertiary/aromatic N) is 4. The SMILES string of the molecule is COc1ccc(-c2c(C#N)c(N)nc3c2c(N)nn3-c2ccccc2)cc1. The van der Waals surface area contributed by atoms with E-state index in [-0.39, 0.29) is 17.2 Å². The van der Waals surface area contributed by atoms with Gasteiger partial charge in [0.2, 0.25) is 0 Å². The first-order valence-corrected chi connectivity index (χ1v) is 8.21. The first-order valence-electron chi connectivity index (χ1n) is 8.21. The first kappa shape index (κ1) is 16.4. The van der Waals surface area contributed by atoms with E-state index in [1.54, 1.807) is 11.8 Å². The second kappa shape index (κ2) is 6.35. The smallest absolute Gasteiger partial charge is 0.168 e. The van der Waals surface area contributed by atoms with Gasteiger partial charge >= 0.3 is 0 Å². The van der Waals surface area contributed by atoms with Crippen LogP contribution in [0, 0.1) is 11.3 Å². The predicted molar refractivity (Wildman–Crippen MR) is 104 cm³/mol. The zero-order valence-corrected chi connectivity index (χ0v) is 14.5. The number of methoxy groups -OCH3 is 1. The first-order chi connectivity index (χ1) is 13.1. The molecule has 2 aromatic heterocycles. The molecule has 0 bridgehead atoms. The van der Waals surface area contributed by atoms with E-state index in [0.717, 1.165) is 11.3 Å². The van der Waals surface area contributed by atoms with Crippen molar-refractivity contribution in [2.75, 3.05) is 18.6 Å². The Labute approximate surface area is 155 Å². The van der Waals surface area contributed by atoms with Gasteiger partial charge in [0.25, 0.3) is 0 Å². The molecule has 2 heterocycles. The molecule has 0 aliphatic heterocycles. The number of benzene rings is 2. The van der Waals surface area contributed by atoms with Gasteiger partial charge in [-0.1, -0.05) is 30.3 Å². The van der Waals surface area contributed by atoms with Crippen LogP contribution in [0.15, 0.2) is 54.6 Å². The van der Waals surface area contributed by atoms with Gasteiger partial charge in [-0.15, -0.1) is 5.10 Å². The van der Waals surface area contributed by atoms with Gasteiger partial charge in [-0.25, -0.2) is 9.67 Å². The fourth-order valence-electron chi connectivity index (χ4n) is 3.10. The van der Waals surface area contributed by atoms with Crippen molar-refractivity contribution in [3.8, 4) is 28.6 Å². The lowest BCUT2D eigenvalue weighted by Gasteiger charge is -2.10. The molecule has 0 radical (unpaired) electrons. The van der Waals surface area contributed by atoms with Crippen LogP contribution in [0.4, 0.5) is 11.6 Å². The Hall–Kier alpha value is -4.05. The highest BCUT2D eigenvalue weighted by Crippen LogP contribution is 2.38. The fourth-order valence-corrected chi connectivity index (χ4v) is 3.10. The van der Waals surface area contributed by atoms with Gasteiger partial charge in [-0.05, 0) is 29.8 Å². The summed E-state index contributed by atoms with van der Waals surface area (Å²) in [5.74, 6) is 1.13. The number of nitrogens with two attached hydrogens (primary N) is 2. The Kier molecular flexibility index (Phi) is 3.86. The zero-order chi connectivity index (χ0) is 19.0. The normalized spacial score (nSPS) is 10.7. The molecular weight excluding hydrogens is 340 g/mol. The molecule has 0 aliphatic carbocycles. The quantitative estimate of drug-likeness (QED) is 0.582. The molecule has 4 N–H and O–H groups in total. The number of ether oxygens (including phenoxy) is 1. The third kappa shape index (κ3) is 2.60. The minimum atomic E-state index is 0.132. The topological polar surface area (TPSA) is 116 Å². The number of pyridine rings is 1. The molecule has 0 saturated carbocycles. The Balaban J connectivity index is 2.08. The molecule has 132 valence electrons. The van der Waals surface area contributed by atoms with Crippen molar-refractivity contribution in [2.45, 2.75) is 0 Å². The summed E-state index contributed by atoms with van der Waals surface area (Å²) in [6, 6.07) is 19.0. The lowest BCUT2D eigenvalue weighted by Crippen LogP contribution is -2.02. The number of hydrogen-bond acceptors (Lipinski definition) is 6. The van der Waals surface area contributed by atoms with Crippen molar-refractivity contribution in [1.82, 2.24) is 14.8 Å². The van der Waals surface area contributed by atoms with E-state index in [1.807, 2.05) is 54.6 Å². The molecule has 0 spiro atoms. The second-order valence-corrected chi connectivity index (χ2v) is 5.92. The maximum Gasteiger partial charge on any atom is 0.168 e. The number of nitriles is 1. The average Bonchev–Trinajstić information content (AvgIpc) is 3.03. The average molecular weight is 356 g/mol. The van der Waals surface area contributed by atoms with E-state index < -0.39 is 0 Å². The van der Waals surface area contributed by atoms with Gasteiger partial charge in [0, 0.05) is 5.56 Å². The van der Waals surface area contributed by atoms with Crippen LogP contribution in [0.5, 0.6) is 5.75 Å². The van der Waals surface area contributed by atoms with Crippen LogP contribution in [0.2, 0.25) is 0 Å². The molecule has 27 heavy (non-hydrogen) atoms. The molecule has 0 saturated heterocycles. The largest absolute Gasteiger partial charge is 0.497 e. The van der Waals surface area contributed by atoms with Gasteiger partial charge in [-0.3, -0.25) is 0 Å². The van der Waals surface area contributed by atoms with Crippen LogP contribution in [-0.2, 0) is 0 Å². The minimum absolute atomic E-state index is 0.132. The van der Waals surface area contributed by atoms with Crippen LogP contribution in [-0.4, -0.2) is 21.9 Å². The lowest BCUT2D eigenvalue weighted by atomic mass is 9.98. The molecule has 2 aromatic carbocycles. The highest BCUT2D eigenvalue weighted by atomic mass is 16.5. The number of nitrogen functional groups attached to an aromatic ring is 2. The monoisotopic (exact) mass is 356 g/mol. The van der Waals surface area contributed by atoms with Crippen LogP contribution < -0.4 is 16.2 Å². The maximum absolute atomic E-state index is 9.67. The Morgan fingerprint density at radius 1 is 1.00 bits per heavy atom. The van der Waals surface area contributed by atoms with E-state index in [1.165, 1.54) is 0 Å². The summed E-state index contributed by atoms with van der Waals surface area (Å²) in [6.45, 7) is 0. The Morgan fingerprint density at radius 2 is 1.70 bits per heavy atom. The van der Waals surface area contributed by atoms with Crippen LogP contribution in [0.25, 0.3) is 27.8 Å². The Bertz CT molecular complexity index is 1170. The van der Waals surface area contributed by atoms with E-state index in [2.05, 4.69) is 16.2 Å². The summed E-state index contributed by atoms with van der Waals surface area (Å²) >= 11 is 0. The van der Waals surface area contributed by atoms with Gasteiger partial charge in [0.05, 0.1) is 18.2 Å². The molecule has 0 unspecified atom stereocenters. The van der Waals surface area contributed by atoms with Gasteiger partial charge in [0.15, 0.2) is 11.5 Å². The van der Waals surface area contributed by atoms with Crippen LogP contribution in [0.3, 0.4) is 0 Å². The fraction of sp³-hybridized carbons (Fsp3) is 0.0500. The van der Waals surface area contributed by atoms with Crippen LogP contribution >= 0.6 is 0 Å². The molecule has 4 aromatic rings. The van der Waals surface area contributed by atoms with E-state index in [9.17, 15) is 5.26 Å². The van der Waals surface area contributed by atoms with Crippen molar-refractivity contribution < 1.29 is 4.74 Å². The van der Waals surface area contributed by atoms with Crippen molar-refractivity contribution in [2.24, 2.45) is 0 Å². The van der Waals surface area contributed by atoms with Crippen molar-refractivity contribution in [3.63, 3.8) is 0 Å². The van der Waals surface area contributed by atoms with Gasteiger partial charge in [-0.2, -0.15) is 5.26 Å². The number of anilines is 2. The molecule has 4 rings (SSSR count). The summed E-state index contributed by atoms with van der Waals surface area (Å²) < 4.78 is 6.85. The lowest BCUT2D eigenvalue weighted by molar-refractivity contribution is 0.415. The number of aromatic nitrogens is 3. The summed E-state index contributed by atoms with van der Waals surface area (Å²) in [7, 11) is 1.60.